The SMILES string of the molecule is CC1(CNC(=O)OC(C)(C)C)CCN(c2cnc(Sc3cccc(C4CCN(C(=O)OCC[Si](C)(C)C)CC4)c3Cl)cn2)CC1. The number of benzene rings is 1. The van der Waals surface area contributed by atoms with E-state index in [0.717, 1.165) is 71.1 Å². The van der Waals surface area contributed by atoms with Crippen LogP contribution in [0.4, 0.5) is 15.4 Å². The van der Waals surface area contributed by atoms with Crippen molar-refractivity contribution in [3.8, 4) is 0 Å². The largest absolute Gasteiger partial charge is 0.450 e. The maximum Gasteiger partial charge on any atom is 0.409 e. The topological polar surface area (TPSA) is 96.9 Å². The minimum atomic E-state index is -1.23. The maximum absolute atomic E-state index is 12.5. The Balaban J connectivity index is 1.26. The molecule has 2 aliphatic rings. The Kier molecular flexibility index (Phi) is 11.7. The highest BCUT2D eigenvalue weighted by atomic mass is 35.5. The molecule has 45 heavy (non-hydrogen) atoms. The first-order valence-corrected chi connectivity index (χ1v) is 20.9. The first kappa shape index (κ1) is 35.4. The molecule has 0 radical (unpaired) electrons. The fourth-order valence-electron chi connectivity index (χ4n) is 5.52. The highest BCUT2D eigenvalue weighted by molar-refractivity contribution is 7.99. The molecule has 0 unspecified atom stereocenters. The number of aromatic nitrogens is 2. The number of likely N-dealkylation sites (tertiary alicyclic amines) is 1. The van der Waals surface area contributed by atoms with Crippen LogP contribution in [0.2, 0.25) is 30.7 Å². The van der Waals surface area contributed by atoms with E-state index in [9.17, 15) is 9.59 Å². The molecule has 12 heteroatoms. The number of nitrogens with zero attached hydrogens (tertiary/aromatic N) is 4. The number of rotatable bonds is 9. The van der Waals surface area contributed by atoms with E-state index in [1.807, 2.05) is 50.2 Å². The summed E-state index contributed by atoms with van der Waals surface area (Å²) in [5.74, 6) is 1.15. The number of carbonyl (C=O) groups is 2. The van der Waals surface area contributed by atoms with Crippen LogP contribution >= 0.6 is 23.4 Å². The number of ether oxygens (including phenoxy) is 2. The number of alkyl carbamates (subject to hydrolysis) is 1. The van der Waals surface area contributed by atoms with E-state index in [2.05, 4.69) is 42.8 Å². The van der Waals surface area contributed by atoms with Gasteiger partial charge in [0.15, 0.2) is 0 Å². The van der Waals surface area contributed by atoms with Crippen LogP contribution in [0.5, 0.6) is 0 Å². The van der Waals surface area contributed by atoms with Crippen LogP contribution in [0.3, 0.4) is 0 Å². The number of halogens is 1. The number of piperidine rings is 2. The summed E-state index contributed by atoms with van der Waals surface area (Å²) in [5, 5.41) is 4.48. The predicted molar refractivity (Wildman–Crippen MR) is 184 cm³/mol. The lowest BCUT2D eigenvalue weighted by atomic mass is 9.80. The third-order valence-electron chi connectivity index (χ3n) is 8.45. The van der Waals surface area contributed by atoms with Crippen LogP contribution in [0.25, 0.3) is 0 Å². The number of hydrogen-bond donors (Lipinski definition) is 1. The van der Waals surface area contributed by atoms with E-state index in [0.29, 0.717) is 32.2 Å². The standard InChI is InChI=1S/C33H50ClN5O4SSi/c1-32(2,3)43-30(40)37-23-33(4)13-17-38(18-14-33)27-21-36-28(22-35-27)44-26-10-8-9-25(29(26)34)24-11-15-39(16-12-24)31(41)42-19-20-45(5,6)7/h8-10,21-22,24H,11-20,23H2,1-7H3,(H,37,40). The third kappa shape index (κ3) is 10.8. The Morgan fingerprint density at radius 1 is 1.09 bits per heavy atom. The molecule has 4 rings (SSSR count). The van der Waals surface area contributed by atoms with Crippen molar-refractivity contribution in [2.75, 3.05) is 44.2 Å². The summed E-state index contributed by atoms with van der Waals surface area (Å²) in [7, 11) is -1.23. The molecule has 2 saturated heterocycles. The Morgan fingerprint density at radius 3 is 2.38 bits per heavy atom. The van der Waals surface area contributed by atoms with E-state index in [1.54, 1.807) is 0 Å². The second-order valence-electron chi connectivity index (χ2n) is 14.8. The molecule has 2 aliphatic heterocycles. The van der Waals surface area contributed by atoms with Gasteiger partial charge in [-0.05, 0) is 75.5 Å². The molecular weight excluding hydrogens is 626 g/mol. The van der Waals surface area contributed by atoms with Gasteiger partial charge in [-0.1, -0.05) is 62.1 Å². The summed E-state index contributed by atoms with van der Waals surface area (Å²) >= 11 is 8.47. The van der Waals surface area contributed by atoms with E-state index in [-0.39, 0.29) is 17.6 Å². The molecule has 2 fully saturated rings. The molecule has 0 atom stereocenters. The first-order valence-electron chi connectivity index (χ1n) is 16.0. The monoisotopic (exact) mass is 675 g/mol. The van der Waals surface area contributed by atoms with Crippen LogP contribution in [0, 0.1) is 5.41 Å². The molecule has 9 nitrogen and oxygen atoms in total. The van der Waals surface area contributed by atoms with E-state index in [4.69, 9.17) is 31.0 Å². The summed E-state index contributed by atoms with van der Waals surface area (Å²) < 4.78 is 10.9. The lowest BCUT2D eigenvalue weighted by Gasteiger charge is -2.40. The molecule has 2 aromatic rings. The van der Waals surface area contributed by atoms with Gasteiger partial charge in [0.1, 0.15) is 16.4 Å². The van der Waals surface area contributed by atoms with Crippen LogP contribution < -0.4 is 10.2 Å². The Morgan fingerprint density at radius 2 is 1.78 bits per heavy atom. The van der Waals surface area contributed by atoms with Crippen molar-refractivity contribution in [1.82, 2.24) is 20.2 Å². The molecule has 1 aromatic heterocycles. The van der Waals surface area contributed by atoms with Gasteiger partial charge in [-0.15, -0.1) is 0 Å². The zero-order valence-electron chi connectivity index (χ0n) is 28.0. The lowest BCUT2D eigenvalue weighted by molar-refractivity contribution is 0.0495. The number of anilines is 1. The smallest absolute Gasteiger partial charge is 0.409 e. The molecule has 248 valence electrons. The molecule has 1 aromatic carbocycles. The number of nitrogens with one attached hydrogen (secondary N) is 1. The van der Waals surface area contributed by atoms with Gasteiger partial charge in [-0.3, -0.25) is 0 Å². The Bertz CT molecular complexity index is 1300. The Hall–Kier alpha value is -2.50. The zero-order chi connectivity index (χ0) is 32.8. The van der Waals surface area contributed by atoms with Crippen molar-refractivity contribution >= 4 is 49.4 Å². The lowest BCUT2D eigenvalue weighted by Crippen LogP contribution is -2.45. The van der Waals surface area contributed by atoms with E-state index >= 15 is 0 Å². The van der Waals surface area contributed by atoms with Crippen LogP contribution in [0.15, 0.2) is 40.5 Å². The van der Waals surface area contributed by atoms with Crippen molar-refractivity contribution in [2.24, 2.45) is 5.41 Å². The maximum atomic E-state index is 12.5. The van der Waals surface area contributed by atoms with Gasteiger partial charge in [0.2, 0.25) is 0 Å². The van der Waals surface area contributed by atoms with Crippen molar-refractivity contribution in [3.05, 3.63) is 41.2 Å². The number of carbonyl (C=O) groups excluding carboxylic acids is 2. The normalized spacial score (nSPS) is 17.6. The molecule has 2 amide bonds. The highest BCUT2D eigenvalue weighted by Crippen LogP contribution is 2.40. The van der Waals surface area contributed by atoms with Gasteiger partial charge in [-0.25, -0.2) is 19.6 Å². The molecular formula is C33H50ClN5O4SSi. The van der Waals surface area contributed by atoms with Crippen molar-refractivity contribution < 1.29 is 19.1 Å². The molecule has 0 aliphatic carbocycles. The molecule has 0 saturated carbocycles. The van der Waals surface area contributed by atoms with Gasteiger partial charge in [-0.2, -0.15) is 0 Å². The second-order valence-corrected chi connectivity index (χ2v) is 21.9. The highest BCUT2D eigenvalue weighted by Gasteiger charge is 2.32. The van der Waals surface area contributed by atoms with Gasteiger partial charge in [0.05, 0.1) is 24.0 Å². The van der Waals surface area contributed by atoms with Gasteiger partial charge in [0.25, 0.3) is 0 Å². The van der Waals surface area contributed by atoms with Crippen molar-refractivity contribution in [3.63, 3.8) is 0 Å². The fourth-order valence-corrected chi connectivity index (χ4v) is 7.42. The molecule has 3 heterocycles. The van der Waals surface area contributed by atoms with E-state index in [1.165, 1.54) is 11.8 Å². The Labute approximate surface area is 279 Å². The summed E-state index contributed by atoms with van der Waals surface area (Å²) in [6.45, 7) is 18.8. The van der Waals surface area contributed by atoms with Gasteiger partial charge >= 0.3 is 12.2 Å². The zero-order valence-corrected chi connectivity index (χ0v) is 30.5. The second kappa shape index (κ2) is 14.9. The van der Waals surface area contributed by atoms with Gasteiger partial charge in [0, 0.05) is 45.7 Å². The average Bonchev–Trinajstić information content (AvgIpc) is 2.97. The summed E-state index contributed by atoms with van der Waals surface area (Å²) in [4.78, 5) is 39.1. The van der Waals surface area contributed by atoms with Gasteiger partial charge < -0.3 is 24.6 Å². The third-order valence-corrected chi connectivity index (χ3v) is 11.7. The van der Waals surface area contributed by atoms with E-state index < -0.39 is 13.7 Å². The fraction of sp³-hybridized carbons (Fsp3) is 0.636. The minimum absolute atomic E-state index is 0.00562. The van der Waals surface area contributed by atoms with Crippen LogP contribution in [0.1, 0.15) is 64.9 Å². The minimum Gasteiger partial charge on any atom is -0.450 e. The first-order chi connectivity index (χ1) is 21.1. The molecule has 1 N–H and O–H groups in total. The predicted octanol–water partition coefficient (Wildman–Crippen LogP) is 8.07. The average molecular weight is 676 g/mol. The van der Waals surface area contributed by atoms with Crippen molar-refractivity contribution in [2.45, 2.75) is 101 Å². The number of hydrogen-bond acceptors (Lipinski definition) is 8. The summed E-state index contributed by atoms with van der Waals surface area (Å²) in [5.41, 5.74) is 0.621. The molecule has 0 bridgehead atoms. The van der Waals surface area contributed by atoms with Crippen LogP contribution in [-0.2, 0) is 9.47 Å². The van der Waals surface area contributed by atoms with Crippen LogP contribution in [-0.4, -0.2) is 80.1 Å². The number of amides is 2. The molecule has 0 spiro atoms. The summed E-state index contributed by atoms with van der Waals surface area (Å²) in [6, 6.07) is 7.15. The summed E-state index contributed by atoms with van der Waals surface area (Å²) in [6.07, 6.45) is 6.66. The quantitative estimate of drug-likeness (QED) is 0.267. The van der Waals surface area contributed by atoms with Crippen molar-refractivity contribution in [1.29, 1.82) is 0 Å².